The Morgan fingerprint density at radius 2 is 2.33 bits per heavy atom. The largest absolute Gasteiger partial charge is 0.493 e. The summed E-state index contributed by atoms with van der Waals surface area (Å²) in [6, 6.07) is 6.18. The van der Waals surface area contributed by atoms with Crippen molar-refractivity contribution in [2.24, 2.45) is 0 Å². The number of hydrogen-bond acceptors (Lipinski definition) is 2. The second-order valence-corrected chi connectivity index (χ2v) is 4.13. The van der Waals surface area contributed by atoms with Crippen LogP contribution in [0, 0.1) is 0 Å². The molecule has 0 spiro atoms. The first kappa shape index (κ1) is 10.5. The third-order valence-electron chi connectivity index (χ3n) is 2.90. The lowest BCUT2D eigenvalue weighted by atomic mass is 9.98. The second-order valence-electron chi connectivity index (χ2n) is 4.13. The number of ether oxygens (including phenoxy) is 1. The molecule has 1 aliphatic heterocycles. The van der Waals surface area contributed by atoms with E-state index in [-0.39, 0.29) is 6.10 Å². The van der Waals surface area contributed by atoms with Gasteiger partial charge in [0.25, 0.3) is 0 Å². The average molecular weight is 206 g/mol. The zero-order valence-corrected chi connectivity index (χ0v) is 9.20. The maximum Gasteiger partial charge on any atom is 0.125 e. The highest BCUT2D eigenvalue weighted by Crippen LogP contribution is 2.32. The van der Waals surface area contributed by atoms with Gasteiger partial charge in [-0.25, -0.2) is 0 Å². The van der Waals surface area contributed by atoms with Gasteiger partial charge in [0.1, 0.15) is 5.75 Å². The van der Waals surface area contributed by atoms with E-state index in [1.165, 1.54) is 18.4 Å². The minimum atomic E-state index is -0.338. The van der Waals surface area contributed by atoms with E-state index in [1.54, 1.807) is 0 Å². The van der Waals surface area contributed by atoms with Crippen LogP contribution in [0.5, 0.6) is 5.75 Å². The molecule has 2 nitrogen and oxygen atoms in total. The molecule has 0 fully saturated rings. The van der Waals surface area contributed by atoms with E-state index in [0.29, 0.717) is 13.0 Å². The third-order valence-corrected chi connectivity index (χ3v) is 2.90. The van der Waals surface area contributed by atoms with E-state index in [0.717, 1.165) is 17.7 Å². The van der Waals surface area contributed by atoms with E-state index in [1.807, 2.05) is 6.07 Å². The Morgan fingerprint density at radius 1 is 1.47 bits per heavy atom. The molecular formula is C13H18O2. The molecule has 0 saturated carbocycles. The van der Waals surface area contributed by atoms with Gasteiger partial charge in [0.15, 0.2) is 0 Å². The Balaban J connectivity index is 2.19. The number of aryl methyl sites for hydroxylation is 1. The van der Waals surface area contributed by atoms with Gasteiger partial charge in [-0.15, -0.1) is 0 Å². The summed E-state index contributed by atoms with van der Waals surface area (Å²) in [6.45, 7) is 2.82. The summed E-state index contributed by atoms with van der Waals surface area (Å²) in [4.78, 5) is 0. The van der Waals surface area contributed by atoms with Crippen molar-refractivity contribution in [1.29, 1.82) is 0 Å². The van der Waals surface area contributed by atoms with Crippen molar-refractivity contribution in [3.05, 3.63) is 29.3 Å². The van der Waals surface area contributed by atoms with Gasteiger partial charge >= 0.3 is 0 Å². The highest BCUT2D eigenvalue weighted by atomic mass is 16.5. The van der Waals surface area contributed by atoms with Gasteiger partial charge in [-0.05, 0) is 30.5 Å². The Labute approximate surface area is 90.9 Å². The molecule has 0 aliphatic carbocycles. The molecule has 0 bridgehead atoms. The number of rotatable bonds is 3. The molecule has 1 atom stereocenters. The van der Waals surface area contributed by atoms with E-state index < -0.39 is 0 Å². The fourth-order valence-electron chi connectivity index (χ4n) is 1.96. The first-order valence-corrected chi connectivity index (χ1v) is 5.75. The monoisotopic (exact) mass is 206 g/mol. The van der Waals surface area contributed by atoms with E-state index in [4.69, 9.17) is 4.74 Å². The predicted molar refractivity (Wildman–Crippen MR) is 60.1 cm³/mol. The summed E-state index contributed by atoms with van der Waals surface area (Å²) < 4.78 is 5.49. The van der Waals surface area contributed by atoms with Gasteiger partial charge < -0.3 is 9.84 Å². The van der Waals surface area contributed by atoms with Gasteiger partial charge in [0.2, 0.25) is 0 Å². The van der Waals surface area contributed by atoms with Crippen molar-refractivity contribution in [3.8, 4) is 5.75 Å². The van der Waals surface area contributed by atoms with Crippen LogP contribution >= 0.6 is 0 Å². The molecule has 0 unspecified atom stereocenters. The molecular weight excluding hydrogens is 188 g/mol. The number of benzene rings is 1. The molecule has 2 rings (SSSR count). The molecule has 0 aromatic heterocycles. The molecule has 1 aromatic rings. The van der Waals surface area contributed by atoms with Crippen molar-refractivity contribution in [2.45, 2.75) is 38.7 Å². The van der Waals surface area contributed by atoms with Gasteiger partial charge in [0.05, 0.1) is 12.7 Å². The van der Waals surface area contributed by atoms with Gasteiger partial charge in [0, 0.05) is 12.0 Å². The summed E-state index contributed by atoms with van der Waals surface area (Å²) in [6.07, 6.45) is 3.88. The lowest BCUT2D eigenvalue weighted by Crippen LogP contribution is -2.13. The number of aliphatic hydroxyl groups excluding tert-OH is 1. The van der Waals surface area contributed by atoms with Crippen molar-refractivity contribution in [2.75, 3.05) is 6.61 Å². The summed E-state index contributed by atoms with van der Waals surface area (Å²) in [5.74, 6) is 0.856. The van der Waals surface area contributed by atoms with Crippen LogP contribution in [-0.2, 0) is 6.42 Å². The number of hydrogen-bond donors (Lipinski definition) is 1. The molecule has 0 saturated heterocycles. The fraction of sp³-hybridized carbons (Fsp3) is 0.538. The van der Waals surface area contributed by atoms with Crippen LogP contribution in [0.2, 0.25) is 0 Å². The lowest BCUT2D eigenvalue weighted by molar-refractivity contribution is 0.115. The molecule has 15 heavy (non-hydrogen) atoms. The maximum atomic E-state index is 9.83. The molecule has 1 aromatic carbocycles. The average Bonchev–Trinajstić information content (AvgIpc) is 2.27. The number of aliphatic hydroxyl groups is 1. The van der Waals surface area contributed by atoms with Crippen molar-refractivity contribution >= 4 is 0 Å². The van der Waals surface area contributed by atoms with Crippen LogP contribution in [0.3, 0.4) is 0 Å². The van der Waals surface area contributed by atoms with E-state index in [2.05, 4.69) is 19.1 Å². The van der Waals surface area contributed by atoms with Gasteiger partial charge in [-0.1, -0.05) is 19.4 Å². The second kappa shape index (κ2) is 4.67. The molecule has 82 valence electrons. The summed E-state index contributed by atoms with van der Waals surface area (Å²) in [5.41, 5.74) is 2.27. The van der Waals surface area contributed by atoms with Gasteiger partial charge in [-0.3, -0.25) is 0 Å². The molecule has 2 heteroatoms. The first-order valence-electron chi connectivity index (χ1n) is 5.75. The van der Waals surface area contributed by atoms with Gasteiger partial charge in [-0.2, -0.15) is 0 Å². The minimum absolute atomic E-state index is 0.338. The highest BCUT2D eigenvalue weighted by Gasteiger charge is 2.18. The minimum Gasteiger partial charge on any atom is -0.493 e. The lowest BCUT2D eigenvalue weighted by Gasteiger charge is -2.22. The number of unbranched alkanes of at least 4 members (excludes halogenated alkanes) is 1. The zero-order chi connectivity index (χ0) is 10.7. The Morgan fingerprint density at radius 3 is 3.13 bits per heavy atom. The number of fused-ring (bicyclic) bond motifs is 1. The van der Waals surface area contributed by atoms with Crippen molar-refractivity contribution in [1.82, 2.24) is 0 Å². The molecule has 1 heterocycles. The summed E-state index contributed by atoms with van der Waals surface area (Å²) >= 11 is 0. The fourth-order valence-corrected chi connectivity index (χ4v) is 1.96. The highest BCUT2D eigenvalue weighted by molar-refractivity contribution is 5.40. The SMILES string of the molecule is CCCCc1ccc2c(c1)[C@@H](O)CCO2. The third kappa shape index (κ3) is 2.32. The quantitative estimate of drug-likeness (QED) is 0.824. The van der Waals surface area contributed by atoms with Crippen molar-refractivity contribution in [3.63, 3.8) is 0 Å². The van der Waals surface area contributed by atoms with E-state index >= 15 is 0 Å². The normalized spacial score (nSPS) is 19.5. The van der Waals surface area contributed by atoms with Crippen LogP contribution in [-0.4, -0.2) is 11.7 Å². The van der Waals surface area contributed by atoms with Crippen LogP contribution in [0.4, 0.5) is 0 Å². The maximum absolute atomic E-state index is 9.83. The van der Waals surface area contributed by atoms with E-state index in [9.17, 15) is 5.11 Å². The van der Waals surface area contributed by atoms with Crippen molar-refractivity contribution < 1.29 is 9.84 Å². The predicted octanol–water partition coefficient (Wildman–Crippen LogP) is 2.85. The summed E-state index contributed by atoms with van der Waals surface area (Å²) in [7, 11) is 0. The standard InChI is InChI=1S/C13H18O2/c1-2-3-4-10-5-6-13-11(9-10)12(14)7-8-15-13/h5-6,9,12,14H,2-4,7-8H2,1H3/t12-/m0/s1. The smallest absolute Gasteiger partial charge is 0.125 e. The molecule has 1 aliphatic rings. The molecule has 0 amide bonds. The zero-order valence-electron chi connectivity index (χ0n) is 9.20. The summed E-state index contributed by atoms with van der Waals surface area (Å²) in [5, 5.41) is 9.83. The van der Waals surface area contributed by atoms with Crippen LogP contribution in [0.1, 0.15) is 43.4 Å². The first-order chi connectivity index (χ1) is 7.31. The molecule has 1 N–H and O–H groups in total. The Bertz CT molecular complexity index is 333. The van der Waals surface area contributed by atoms with Crippen LogP contribution in [0.25, 0.3) is 0 Å². The Hall–Kier alpha value is -1.02. The van der Waals surface area contributed by atoms with Crippen LogP contribution < -0.4 is 4.74 Å². The molecule has 0 radical (unpaired) electrons. The topological polar surface area (TPSA) is 29.5 Å². The van der Waals surface area contributed by atoms with Crippen LogP contribution in [0.15, 0.2) is 18.2 Å². The Kier molecular flexibility index (Phi) is 3.27.